The average Bonchev–Trinajstić information content (AvgIpc) is 3.19. The molecule has 5 N–H and O–H groups in total. The predicted molar refractivity (Wildman–Crippen MR) is 122 cm³/mol. The normalized spacial score (nSPS) is 15.4. The van der Waals surface area contributed by atoms with Crippen molar-refractivity contribution in [2.75, 3.05) is 25.3 Å². The molecule has 0 saturated carbocycles. The average molecular weight is 480 g/mol. The number of aliphatic hydroxyl groups excluding tert-OH is 1. The van der Waals surface area contributed by atoms with Gasteiger partial charge in [0.25, 0.3) is 13.1 Å². The lowest BCUT2D eigenvalue weighted by molar-refractivity contribution is -0.109. The van der Waals surface area contributed by atoms with Gasteiger partial charge in [-0.05, 0) is 19.4 Å². The van der Waals surface area contributed by atoms with Gasteiger partial charge in [-0.2, -0.15) is 4.98 Å². The van der Waals surface area contributed by atoms with Crippen molar-refractivity contribution in [1.82, 2.24) is 24.6 Å². The zero-order valence-corrected chi connectivity index (χ0v) is 19.4. The van der Waals surface area contributed by atoms with Crippen molar-refractivity contribution in [2.24, 2.45) is 0 Å². The molecule has 0 saturated heterocycles. The Hall–Kier alpha value is -2.60. The third kappa shape index (κ3) is 6.94. The number of ether oxygens (including phenoxy) is 2. The molecule has 2 unspecified atom stereocenters. The van der Waals surface area contributed by atoms with Gasteiger partial charge in [0.15, 0.2) is 17.5 Å². The summed E-state index contributed by atoms with van der Waals surface area (Å²) >= 11 is 0. The number of anilines is 1. The number of H-pyrrole nitrogens is 1. The number of imidazole rings is 1. The van der Waals surface area contributed by atoms with Crippen LogP contribution in [0.4, 0.5) is 5.95 Å². The second-order valence-corrected chi connectivity index (χ2v) is 9.42. The molecule has 2 heterocycles. The Kier molecular flexibility index (Phi) is 8.73. The number of hydrogen-bond donors (Lipinski definition) is 4. The van der Waals surface area contributed by atoms with E-state index in [-0.39, 0.29) is 31.0 Å². The summed E-state index contributed by atoms with van der Waals surface area (Å²) in [5.74, 6) is -0.0139. The third-order valence-corrected chi connectivity index (χ3v) is 6.55. The highest BCUT2D eigenvalue weighted by Crippen LogP contribution is 2.44. The Morgan fingerprint density at radius 3 is 2.82 bits per heavy atom. The molecule has 0 radical (unpaired) electrons. The molecule has 0 aliphatic rings. The Labute approximate surface area is 190 Å². The molecule has 3 rings (SSSR count). The maximum atomic E-state index is 13.5. The lowest BCUT2D eigenvalue weighted by atomic mass is 10.2. The highest BCUT2D eigenvalue weighted by atomic mass is 31.2. The van der Waals surface area contributed by atoms with Crippen LogP contribution >= 0.6 is 7.52 Å². The number of aromatic amines is 1. The van der Waals surface area contributed by atoms with Gasteiger partial charge in [0.2, 0.25) is 5.95 Å². The van der Waals surface area contributed by atoms with Crippen LogP contribution in [0.1, 0.15) is 19.4 Å². The van der Waals surface area contributed by atoms with Gasteiger partial charge in [0.05, 0.1) is 25.6 Å². The van der Waals surface area contributed by atoms with Crippen LogP contribution < -0.4 is 16.4 Å². The Morgan fingerprint density at radius 1 is 1.33 bits per heavy atom. The molecule has 0 aliphatic carbocycles. The molecular weight excluding hydrogens is 451 g/mol. The van der Waals surface area contributed by atoms with Crippen LogP contribution in [0.5, 0.6) is 0 Å². The summed E-state index contributed by atoms with van der Waals surface area (Å²) in [7, 11) is -3.52. The van der Waals surface area contributed by atoms with Crippen molar-refractivity contribution in [3.05, 3.63) is 52.6 Å². The quantitative estimate of drug-likeness (QED) is 0.160. The number of aromatic nitrogens is 4. The minimum atomic E-state index is -3.52. The topological polar surface area (TPSA) is 167 Å². The van der Waals surface area contributed by atoms with E-state index < -0.39 is 25.4 Å². The molecule has 0 amide bonds. The zero-order valence-electron chi connectivity index (χ0n) is 18.5. The van der Waals surface area contributed by atoms with Gasteiger partial charge in [-0.1, -0.05) is 30.3 Å². The largest absolute Gasteiger partial charge is 0.369 e. The number of nitrogen functional groups attached to an aromatic ring is 1. The predicted octanol–water partition coefficient (Wildman–Crippen LogP) is 1.42. The fourth-order valence-electron chi connectivity index (χ4n) is 3.04. The third-order valence-electron chi connectivity index (χ3n) is 4.68. The van der Waals surface area contributed by atoms with E-state index in [2.05, 4.69) is 20.0 Å². The van der Waals surface area contributed by atoms with Crippen molar-refractivity contribution in [3.8, 4) is 0 Å². The summed E-state index contributed by atoms with van der Waals surface area (Å²) in [6, 6.07) is 8.64. The van der Waals surface area contributed by atoms with Gasteiger partial charge in [-0.25, -0.2) is 10.1 Å². The zero-order chi connectivity index (χ0) is 23.8. The van der Waals surface area contributed by atoms with Crippen molar-refractivity contribution in [3.63, 3.8) is 0 Å². The lowest BCUT2D eigenvalue weighted by Gasteiger charge is -2.26. The highest BCUT2D eigenvalue weighted by Gasteiger charge is 2.29. The molecule has 1 aromatic carbocycles. The maximum absolute atomic E-state index is 13.5. The van der Waals surface area contributed by atoms with Crippen LogP contribution in [0.15, 0.2) is 41.5 Å². The van der Waals surface area contributed by atoms with E-state index in [1.165, 1.54) is 6.33 Å². The number of nitrogens with one attached hydrogen (secondary N) is 2. The number of aliphatic hydroxyl groups is 1. The second-order valence-electron chi connectivity index (χ2n) is 7.29. The van der Waals surface area contributed by atoms with Crippen molar-refractivity contribution < 1.29 is 23.7 Å². The number of fused-ring (bicyclic) bond motifs is 1. The van der Waals surface area contributed by atoms with Gasteiger partial charge in [-0.3, -0.25) is 14.3 Å². The number of nitrogens with zero attached hydrogens (tertiary/aromatic N) is 3. The second kappa shape index (κ2) is 11.5. The van der Waals surface area contributed by atoms with E-state index in [1.807, 2.05) is 30.3 Å². The number of rotatable bonds is 13. The van der Waals surface area contributed by atoms with Crippen molar-refractivity contribution >= 4 is 24.6 Å². The molecule has 0 aliphatic heterocycles. The van der Waals surface area contributed by atoms with Crippen LogP contribution in [0, 0.1) is 0 Å². The van der Waals surface area contributed by atoms with E-state index in [9.17, 15) is 14.5 Å². The first-order valence-electron chi connectivity index (χ1n) is 10.4. The highest BCUT2D eigenvalue weighted by molar-refractivity contribution is 7.56. The minimum Gasteiger partial charge on any atom is -0.369 e. The smallest absolute Gasteiger partial charge is 0.295 e. The monoisotopic (exact) mass is 480 g/mol. The summed E-state index contributed by atoms with van der Waals surface area (Å²) < 4.78 is 31.6. The summed E-state index contributed by atoms with van der Waals surface area (Å²) in [5.41, 5.74) is 6.52. The molecular formula is C20H29N6O6P. The fraction of sp³-hybridized carbons (Fsp3) is 0.450. The molecule has 0 spiro atoms. The van der Waals surface area contributed by atoms with Crippen LogP contribution in [0.25, 0.3) is 11.2 Å². The van der Waals surface area contributed by atoms with E-state index in [4.69, 9.17) is 19.7 Å². The summed E-state index contributed by atoms with van der Waals surface area (Å²) in [5, 5.41) is 12.9. The first-order valence-corrected chi connectivity index (χ1v) is 12.3. The van der Waals surface area contributed by atoms with Crippen LogP contribution in [0.3, 0.4) is 0 Å². The van der Waals surface area contributed by atoms with Gasteiger partial charge in [-0.15, -0.1) is 0 Å². The van der Waals surface area contributed by atoms with E-state index in [0.717, 1.165) is 5.56 Å². The molecule has 2 aromatic heterocycles. The van der Waals surface area contributed by atoms with E-state index >= 15 is 0 Å². The number of nitrogens with two attached hydrogens (primary N) is 1. The lowest BCUT2D eigenvalue weighted by Crippen LogP contribution is -2.38. The van der Waals surface area contributed by atoms with Crippen molar-refractivity contribution in [2.45, 2.75) is 39.3 Å². The molecule has 180 valence electrons. The molecule has 0 fully saturated rings. The van der Waals surface area contributed by atoms with Crippen molar-refractivity contribution in [1.29, 1.82) is 0 Å². The summed E-state index contributed by atoms with van der Waals surface area (Å²) in [6.45, 7) is 4.23. The maximum Gasteiger partial charge on any atom is 0.295 e. The van der Waals surface area contributed by atoms with Gasteiger partial charge in [0, 0.05) is 13.2 Å². The molecule has 12 nitrogen and oxygen atoms in total. The minimum absolute atomic E-state index is 0.0139. The number of benzene rings is 1. The molecule has 33 heavy (non-hydrogen) atoms. The number of hydrogen-bond acceptors (Lipinski definition) is 9. The Bertz CT molecular complexity index is 1140. The fourth-order valence-corrected chi connectivity index (χ4v) is 4.73. The standard InChI is InChI=1S/C20H29N6O6P/c1-3-31-19(28)14(2)25-33(29,32-11-15-7-5-4-6-8-15)13-30-10-9-26-12-22-16-17(26)23-20(21)24-18(16)27/h4-8,12,14,19,28H,3,9-11,13H2,1-2H3,(H,25,29)(H3,21,23,24,27)/t14-,19?,33?/m0/s1. The Morgan fingerprint density at radius 2 is 2.09 bits per heavy atom. The van der Waals surface area contributed by atoms with E-state index in [0.29, 0.717) is 18.8 Å². The molecule has 13 heteroatoms. The Balaban J connectivity index is 1.63. The molecule has 3 atom stereocenters. The SMILES string of the molecule is CCOC(O)[C@H](C)NP(=O)(COCCn1cnc2c(=O)[nH]c(N)nc21)OCc1ccccc1. The van der Waals surface area contributed by atoms with Crippen LogP contribution in [0.2, 0.25) is 0 Å². The van der Waals surface area contributed by atoms with E-state index in [1.54, 1.807) is 18.4 Å². The summed E-state index contributed by atoms with van der Waals surface area (Å²) in [4.78, 5) is 22.4. The van der Waals surface area contributed by atoms with Crippen LogP contribution in [-0.2, 0) is 31.7 Å². The van der Waals surface area contributed by atoms with Gasteiger partial charge in [0.1, 0.15) is 6.35 Å². The van der Waals surface area contributed by atoms with Crippen LogP contribution in [-0.4, -0.2) is 56.5 Å². The summed E-state index contributed by atoms with van der Waals surface area (Å²) in [6.07, 6.45) is 0.0572. The van der Waals surface area contributed by atoms with Gasteiger partial charge < -0.3 is 29.4 Å². The molecule has 0 bridgehead atoms. The molecule has 3 aromatic rings. The first kappa shape index (κ1) is 25.0. The van der Waals surface area contributed by atoms with Gasteiger partial charge >= 0.3 is 0 Å². The first-order chi connectivity index (χ1) is 15.8.